The van der Waals surface area contributed by atoms with Crippen molar-refractivity contribution in [3.8, 4) is 0 Å². The van der Waals surface area contributed by atoms with Crippen LogP contribution in [0.25, 0.3) is 0 Å². The normalized spacial score (nSPS) is 12.4. The van der Waals surface area contributed by atoms with E-state index in [1.54, 1.807) is 0 Å². The third-order valence-corrected chi connectivity index (χ3v) is 12.1. The van der Waals surface area contributed by atoms with Crippen LogP contribution in [0.1, 0.15) is 284 Å². The van der Waals surface area contributed by atoms with Gasteiger partial charge in [0.25, 0.3) is 0 Å². The Bertz CT molecular complexity index is 1120. The molecule has 372 valence electrons. The van der Waals surface area contributed by atoms with E-state index in [4.69, 9.17) is 14.2 Å². The predicted octanol–water partition coefficient (Wildman–Crippen LogP) is 18.3. The minimum absolute atomic E-state index is 0.0795. The Balaban J connectivity index is 4.36. The van der Waals surface area contributed by atoms with Crippen LogP contribution in [0.15, 0.2) is 48.6 Å². The minimum Gasteiger partial charge on any atom is -0.462 e. The highest BCUT2D eigenvalue weighted by molar-refractivity contribution is 5.71. The highest BCUT2D eigenvalue weighted by atomic mass is 16.6. The van der Waals surface area contributed by atoms with Gasteiger partial charge in [0.2, 0.25) is 0 Å². The fraction of sp³-hybridized carbons (Fsp3) is 0.810. The number of hydrogen-bond donors (Lipinski definition) is 0. The molecule has 0 amide bonds. The van der Waals surface area contributed by atoms with Crippen LogP contribution in [0.2, 0.25) is 0 Å². The van der Waals surface area contributed by atoms with Crippen LogP contribution in [-0.2, 0) is 28.6 Å². The number of hydrogen-bond acceptors (Lipinski definition) is 6. The van der Waals surface area contributed by atoms with Gasteiger partial charge in [-0.25, -0.2) is 0 Å². The first kappa shape index (κ1) is 61.4. The van der Waals surface area contributed by atoms with Gasteiger partial charge < -0.3 is 14.2 Å². The molecule has 0 rings (SSSR count). The molecule has 0 fully saturated rings. The van der Waals surface area contributed by atoms with Crippen LogP contribution in [0.3, 0.4) is 0 Å². The second-order valence-corrected chi connectivity index (χ2v) is 18.5. The van der Waals surface area contributed by atoms with E-state index in [0.29, 0.717) is 19.3 Å². The Hall–Kier alpha value is -2.63. The largest absolute Gasteiger partial charge is 0.462 e. The van der Waals surface area contributed by atoms with Gasteiger partial charge in [-0.2, -0.15) is 0 Å². The van der Waals surface area contributed by atoms with Crippen LogP contribution in [0.4, 0.5) is 0 Å². The van der Waals surface area contributed by atoms with Crippen molar-refractivity contribution < 1.29 is 28.6 Å². The summed E-state index contributed by atoms with van der Waals surface area (Å²) in [6.07, 6.45) is 63.8. The fourth-order valence-electron chi connectivity index (χ4n) is 7.97. The number of allylic oxidation sites excluding steroid dienone is 8. The molecule has 0 spiro atoms. The Labute approximate surface area is 397 Å². The van der Waals surface area contributed by atoms with Crippen molar-refractivity contribution in [3.05, 3.63) is 48.6 Å². The molecule has 0 saturated carbocycles. The van der Waals surface area contributed by atoms with Crippen molar-refractivity contribution in [2.45, 2.75) is 290 Å². The molecule has 0 aliphatic carbocycles. The van der Waals surface area contributed by atoms with Gasteiger partial charge in [-0.05, 0) is 64.2 Å². The number of ether oxygens (including phenoxy) is 3. The molecular weight excluding hydrogens is 793 g/mol. The summed E-state index contributed by atoms with van der Waals surface area (Å²) in [7, 11) is 0. The first-order chi connectivity index (χ1) is 31.5. The molecule has 0 aromatic carbocycles. The van der Waals surface area contributed by atoms with Gasteiger partial charge in [0.05, 0.1) is 0 Å². The molecule has 64 heavy (non-hydrogen) atoms. The average Bonchev–Trinajstić information content (AvgIpc) is 3.29. The summed E-state index contributed by atoms with van der Waals surface area (Å²) in [5.74, 6) is -0.892. The van der Waals surface area contributed by atoms with Crippen molar-refractivity contribution in [1.82, 2.24) is 0 Å². The van der Waals surface area contributed by atoms with E-state index in [0.717, 1.165) is 83.5 Å². The molecule has 6 heteroatoms. The molecule has 0 radical (unpaired) electrons. The lowest BCUT2D eigenvalue weighted by Gasteiger charge is -2.18. The van der Waals surface area contributed by atoms with Crippen LogP contribution in [0.5, 0.6) is 0 Å². The zero-order valence-electron chi connectivity index (χ0n) is 42.6. The summed E-state index contributed by atoms with van der Waals surface area (Å²) in [6, 6.07) is 0. The molecule has 1 unspecified atom stereocenters. The Morgan fingerprint density at radius 2 is 0.625 bits per heavy atom. The zero-order valence-corrected chi connectivity index (χ0v) is 42.6. The quantitative estimate of drug-likeness (QED) is 0.0199. The topological polar surface area (TPSA) is 78.9 Å². The molecule has 0 N–H and O–H groups in total. The van der Waals surface area contributed by atoms with Gasteiger partial charge in [0.15, 0.2) is 6.10 Å². The van der Waals surface area contributed by atoms with Crippen LogP contribution in [0, 0.1) is 0 Å². The second-order valence-electron chi connectivity index (χ2n) is 18.5. The first-order valence-corrected chi connectivity index (χ1v) is 27.7. The van der Waals surface area contributed by atoms with Gasteiger partial charge in [-0.15, -0.1) is 0 Å². The maximum atomic E-state index is 12.8. The summed E-state index contributed by atoms with van der Waals surface area (Å²) in [5.41, 5.74) is 0. The monoisotopic (exact) mass is 897 g/mol. The third kappa shape index (κ3) is 50.4. The van der Waals surface area contributed by atoms with Gasteiger partial charge in [-0.1, -0.05) is 249 Å². The molecule has 1 atom stereocenters. The molecule has 0 aromatic rings. The van der Waals surface area contributed by atoms with Crippen molar-refractivity contribution in [1.29, 1.82) is 0 Å². The van der Waals surface area contributed by atoms with E-state index in [-0.39, 0.29) is 31.1 Å². The zero-order chi connectivity index (χ0) is 46.5. The minimum atomic E-state index is -0.780. The molecule has 0 bridgehead atoms. The Kier molecular flexibility index (Phi) is 50.8. The maximum absolute atomic E-state index is 12.8. The SMILES string of the molecule is CC\C=C/C=C\C=C/CCCCCCCC(=O)OCC(COC(=O)CCCCCCCCC/C=C\CCCCCCCC)OC(=O)CCCCCCCCCCCCCCCCCC. The summed E-state index contributed by atoms with van der Waals surface area (Å²) >= 11 is 0. The lowest BCUT2D eigenvalue weighted by Crippen LogP contribution is -2.30. The summed E-state index contributed by atoms with van der Waals surface area (Å²) in [5, 5.41) is 0. The maximum Gasteiger partial charge on any atom is 0.306 e. The van der Waals surface area contributed by atoms with Crippen molar-refractivity contribution in [2.24, 2.45) is 0 Å². The van der Waals surface area contributed by atoms with E-state index in [1.165, 1.54) is 161 Å². The number of esters is 3. The number of carbonyl (C=O) groups is 3. The van der Waals surface area contributed by atoms with Crippen LogP contribution in [-0.4, -0.2) is 37.2 Å². The molecule has 0 heterocycles. The number of carbonyl (C=O) groups excluding carboxylic acids is 3. The van der Waals surface area contributed by atoms with Gasteiger partial charge in [0, 0.05) is 19.3 Å². The molecule has 0 aromatic heterocycles. The fourth-order valence-corrected chi connectivity index (χ4v) is 7.97. The van der Waals surface area contributed by atoms with E-state index < -0.39 is 6.10 Å². The molecule has 0 aliphatic rings. The summed E-state index contributed by atoms with van der Waals surface area (Å²) in [6.45, 7) is 6.51. The smallest absolute Gasteiger partial charge is 0.306 e. The lowest BCUT2D eigenvalue weighted by molar-refractivity contribution is -0.167. The number of unbranched alkanes of at least 4 members (excludes halogenated alkanes) is 33. The van der Waals surface area contributed by atoms with Crippen molar-refractivity contribution >= 4 is 17.9 Å². The Morgan fingerprint density at radius 1 is 0.328 bits per heavy atom. The highest BCUT2D eigenvalue weighted by Gasteiger charge is 2.19. The highest BCUT2D eigenvalue weighted by Crippen LogP contribution is 2.16. The summed E-state index contributed by atoms with van der Waals surface area (Å²) < 4.78 is 16.8. The van der Waals surface area contributed by atoms with Crippen molar-refractivity contribution in [2.75, 3.05) is 13.2 Å². The predicted molar refractivity (Wildman–Crippen MR) is 275 cm³/mol. The van der Waals surface area contributed by atoms with Crippen LogP contribution < -0.4 is 0 Å². The van der Waals surface area contributed by atoms with Gasteiger partial charge in [0.1, 0.15) is 13.2 Å². The Morgan fingerprint density at radius 3 is 0.984 bits per heavy atom. The lowest BCUT2D eigenvalue weighted by atomic mass is 10.0. The molecule has 0 saturated heterocycles. The van der Waals surface area contributed by atoms with Gasteiger partial charge in [-0.3, -0.25) is 14.4 Å². The number of rotatable bonds is 50. The van der Waals surface area contributed by atoms with E-state index in [1.807, 2.05) is 0 Å². The molecular formula is C58H104O6. The van der Waals surface area contributed by atoms with E-state index in [9.17, 15) is 14.4 Å². The van der Waals surface area contributed by atoms with E-state index in [2.05, 4.69) is 69.4 Å². The first-order valence-electron chi connectivity index (χ1n) is 27.7. The average molecular weight is 897 g/mol. The van der Waals surface area contributed by atoms with Crippen LogP contribution >= 0.6 is 0 Å². The van der Waals surface area contributed by atoms with Crippen molar-refractivity contribution in [3.63, 3.8) is 0 Å². The standard InChI is InChI=1S/C58H104O6/c1-4-7-10-13-16-19-22-25-27-29-31-33-36-39-42-45-48-51-57(60)63-54-55(53-62-56(59)50-47-44-41-38-35-32-24-21-18-15-12-9-6-3)64-58(61)52-49-46-43-40-37-34-30-28-26-23-20-17-14-11-8-5-2/h9,12,15,18,21,24-25,27,55H,4-8,10-11,13-14,16-17,19-20,22-23,26,28-54H2,1-3H3/b12-9-,18-15-,24-21-,27-25-. The molecule has 6 nitrogen and oxygen atoms in total. The second kappa shape index (κ2) is 53.0. The summed E-state index contributed by atoms with van der Waals surface area (Å²) in [4.78, 5) is 38.1. The van der Waals surface area contributed by atoms with Gasteiger partial charge >= 0.3 is 17.9 Å². The molecule has 0 aliphatic heterocycles. The third-order valence-electron chi connectivity index (χ3n) is 12.1. The van der Waals surface area contributed by atoms with E-state index >= 15 is 0 Å².